The van der Waals surface area contributed by atoms with Gasteiger partial charge in [-0.3, -0.25) is 4.79 Å². The summed E-state index contributed by atoms with van der Waals surface area (Å²) < 4.78 is 11.0. The molecule has 150 valence electrons. The Labute approximate surface area is 167 Å². The minimum absolute atomic E-state index is 0.0110. The molecule has 0 aliphatic heterocycles. The summed E-state index contributed by atoms with van der Waals surface area (Å²) in [6.07, 6.45) is 3.69. The predicted molar refractivity (Wildman–Crippen MR) is 111 cm³/mol. The van der Waals surface area contributed by atoms with Gasteiger partial charge in [0.2, 0.25) is 0 Å². The molecule has 1 atom stereocenters. The van der Waals surface area contributed by atoms with Crippen LogP contribution in [0.3, 0.4) is 0 Å². The van der Waals surface area contributed by atoms with Gasteiger partial charge in [-0.25, -0.2) is 0 Å². The number of amides is 1. The van der Waals surface area contributed by atoms with E-state index < -0.39 is 0 Å². The monoisotopic (exact) mass is 382 g/mol. The van der Waals surface area contributed by atoms with Crippen molar-refractivity contribution in [3.8, 4) is 11.5 Å². The SMILES string of the molecule is CCNC(=O)COc1ccc(CNCC2CCCc3ccccc32)cc1OC. The van der Waals surface area contributed by atoms with Gasteiger partial charge >= 0.3 is 0 Å². The average Bonchev–Trinajstić information content (AvgIpc) is 2.73. The zero-order chi connectivity index (χ0) is 19.8. The van der Waals surface area contributed by atoms with Gasteiger partial charge in [-0.15, -0.1) is 0 Å². The molecule has 3 rings (SSSR count). The Hall–Kier alpha value is -2.53. The quantitative estimate of drug-likeness (QED) is 0.698. The van der Waals surface area contributed by atoms with Crippen LogP contribution < -0.4 is 20.1 Å². The lowest BCUT2D eigenvalue weighted by Gasteiger charge is -2.25. The molecule has 0 saturated heterocycles. The molecule has 1 amide bonds. The van der Waals surface area contributed by atoms with E-state index in [0.29, 0.717) is 24.0 Å². The number of likely N-dealkylation sites (N-methyl/N-ethyl adjacent to an activating group) is 1. The number of carbonyl (C=O) groups excluding carboxylic acids is 1. The third kappa shape index (κ3) is 5.26. The Kier molecular flexibility index (Phi) is 7.31. The number of hydrogen-bond acceptors (Lipinski definition) is 4. The minimum atomic E-state index is -0.136. The second kappa shape index (κ2) is 10.1. The highest BCUT2D eigenvalue weighted by Gasteiger charge is 2.19. The molecule has 1 aliphatic carbocycles. The Morgan fingerprint density at radius 2 is 2.04 bits per heavy atom. The topological polar surface area (TPSA) is 59.6 Å². The number of hydrogen-bond donors (Lipinski definition) is 2. The van der Waals surface area contributed by atoms with Crippen LogP contribution in [0.4, 0.5) is 0 Å². The van der Waals surface area contributed by atoms with Crippen molar-refractivity contribution in [2.24, 2.45) is 0 Å². The van der Waals surface area contributed by atoms with Crippen molar-refractivity contribution in [1.29, 1.82) is 0 Å². The molecule has 28 heavy (non-hydrogen) atoms. The number of nitrogens with one attached hydrogen (secondary N) is 2. The van der Waals surface area contributed by atoms with E-state index in [1.54, 1.807) is 7.11 Å². The van der Waals surface area contributed by atoms with Gasteiger partial charge in [0.1, 0.15) is 0 Å². The van der Waals surface area contributed by atoms with Crippen molar-refractivity contribution in [3.05, 3.63) is 59.2 Å². The Balaban J connectivity index is 1.54. The smallest absolute Gasteiger partial charge is 0.257 e. The number of rotatable bonds is 9. The second-order valence-corrected chi connectivity index (χ2v) is 7.15. The molecule has 1 aliphatic rings. The zero-order valence-electron chi connectivity index (χ0n) is 16.8. The van der Waals surface area contributed by atoms with Gasteiger partial charge in [-0.05, 0) is 60.9 Å². The van der Waals surface area contributed by atoms with Gasteiger partial charge in [-0.2, -0.15) is 0 Å². The van der Waals surface area contributed by atoms with Gasteiger partial charge < -0.3 is 20.1 Å². The molecule has 2 aromatic carbocycles. The van der Waals surface area contributed by atoms with Crippen molar-refractivity contribution in [2.75, 3.05) is 26.8 Å². The van der Waals surface area contributed by atoms with Gasteiger partial charge in [0, 0.05) is 19.6 Å². The number of carbonyl (C=O) groups is 1. The third-order valence-electron chi connectivity index (χ3n) is 5.17. The van der Waals surface area contributed by atoms with Crippen LogP contribution in [0.5, 0.6) is 11.5 Å². The van der Waals surface area contributed by atoms with E-state index in [0.717, 1.165) is 18.7 Å². The first-order chi connectivity index (χ1) is 13.7. The number of aryl methyl sites for hydroxylation is 1. The van der Waals surface area contributed by atoms with E-state index in [2.05, 4.69) is 34.9 Å². The largest absolute Gasteiger partial charge is 0.493 e. The molecule has 0 saturated carbocycles. The maximum atomic E-state index is 11.6. The predicted octanol–water partition coefficient (Wildman–Crippen LogP) is 3.42. The molecule has 0 heterocycles. The summed E-state index contributed by atoms with van der Waals surface area (Å²) in [5, 5.41) is 6.31. The van der Waals surface area contributed by atoms with Crippen molar-refractivity contribution >= 4 is 5.91 Å². The average molecular weight is 383 g/mol. The first kappa shape index (κ1) is 20.2. The Morgan fingerprint density at radius 3 is 2.86 bits per heavy atom. The molecule has 0 fully saturated rings. The Bertz CT molecular complexity index is 791. The summed E-state index contributed by atoms with van der Waals surface area (Å²) >= 11 is 0. The van der Waals surface area contributed by atoms with E-state index >= 15 is 0 Å². The van der Waals surface area contributed by atoms with E-state index in [4.69, 9.17) is 9.47 Å². The van der Waals surface area contributed by atoms with Crippen LogP contribution in [-0.4, -0.2) is 32.7 Å². The lowest BCUT2D eigenvalue weighted by molar-refractivity contribution is -0.123. The fraction of sp³-hybridized carbons (Fsp3) is 0.435. The van der Waals surface area contributed by atoms with Crippen LogP contribution in [0.15, 0.2) is 42.5 Å². The van der Waals surface area contributed by atoms with Crippen LogP contribution in [0.1, 0.15) is 42.4 Å². The maximum Gasteiger partial charge on any atom is 0.257 e. The summed E-state index contributed by atoms with van der Waals surface area (Å²) in [6, 6.07) is 14.6. The first-order valence-corrected chi connectivity index (χ1v) is 10.1. The van der Waals surface area contributed by atoms with Gasteiger partial charge in [0.05, 0.1) is 7.11 Å². The highest BCUT2D eigenvalue weighted by molar-refractivity contribution is 5.77. The highest BCUT2D eigenvalue weighted by atomic mass is 16.5. The van der Waals surface area contributed by atoms with Crippen LogP contribution >= 0.6 is 0 Å². The molecule has 2 N–H and O–H groups in total. The molecular weight excluding hydrogens is 352 g/mol. The van der Waals surface area contributed by atoms with E-state index in [-0.39, 0.29) is 12.5 Å². The molecule has 5 heteroatoms. The molecule has 0 aromatic heterocycles. The summed E-state index contributed by atoms with van der Waals surface area (Å²) in [5.74, 6) is 1.67. The Morgan fingerprint density at radius 1 is 1.18 bits per heavy atom. The second-order valence-electron chi connectivity index (χ2n) is 7.15. The zero-order valence-corrected chi connectivity index (χ0v) is 16.8. The lowest BCUT2D eigenvalue weighted by atomic mass is 9.83. The molecular formula is C23H30N2O3. The highest BCUT2D eigenvalue weighted by Crippen LogP contribution is 2.31. The van der Waals surface area contributed by atoms with E-state index in [9.17, 15) is 4.79 Å². The normalized spacial score (nSPS) is 15.6. The van der Waals surface area contributed by atoms with Crippen LogP contribution in [0.2, 0.25) is 0 Å². The van der Waals surface area contributed by atoms with Crippen LogP contribution in [-0.2, 0) is 17.8 Å². The minimum Gasteiger partial charge on any atom is -0.493 e. The van der Waals surface area contributed by atoms with Crippen LogP contribution in [0.25, 0.3) is 0 Å². The molecule has 0 bridgehead atoms. The summed E-state index contributed by atoms with van der Waals surface area (Å²) in [4.78, 5) is 11.6. The maximum absolute atomic E-state index is 11.6. The fourth-order valence-corrected chi connectivity index (χ4v) is 3.79. The van der Waals surface area contributed by atoms with E-state index in [1.807, 2.05) is 25.1 Å². The summed E-state index contributed by atoms with van der Waals surface area (Å²) in [5.41, 5.74) is 4.12. The van der Waals surface area contributed by atoms with Crippen molar-refractivity contribution in [1.82, 2.24) is 10.6 Å². The molecule has 0 spiro atoms. The first-order valence-electron chi connectivity index (χ1n) is 10.1. The standard InChI is InChI=1S/C23H30N2O3/c1-3-25-23(26)16-28-21-12-11-17(13-22(21)27-2)14-24-15-19-9-6-8-18-7-4-5-10-20(18)19/h4-5,7,10-13,19,24H,3,6,8-9,14-16H2,1-2H3,(H,25,26). The lowest BCUT2D eigenvalue weighted by Crippen LogP contribution is -2.28. The van der Waals surface area contributed by atoms with Crippen molar-refractivity contribution < 1.29 is 14.3 Å². The fourth-order valence-electron chi connectivity index (χ4n) is 3.79. The van der Waals surface area contributed by atoms with Gasteiger partial charge in [-0.1, -0.05) is 30.3 Å². The van der Waals surface area contributed by atoms with Gasteiger partial charge in [0.25, 0.3) is 5.91 Å². The summed E-state index contributed by atoms with van der Waals surface area (Å²) in [7, 11) is 1.62. The van der Waals surface area contributed by atoms with Crippen LogP contribution in [0, 0.1) is 0 Å². The third-order valence-corrected chi connectivity index (χ3v) is 5.17. The van der Waals surface area contributed by atoms with E-state index in [1.165, 1.54) is 30.4 Å². The number of ether oxygens (including phenoxy) is 2. The molecule has 5 nitrogen and oxygen atoms in total. The number of methoxy groups -OCH3 is 1. The van der Waals surface area contributed by atoms with Gasteiger partial charge in [0.15, 0.2) is 18.1 Å². The molecule has 0 radical (unpaired) electrons. The molecule has 1 unspecified atom stereocenters. The number of fused-ring (bicyclic) bond motifs is 1. The summed E-state index contributed by atoms with van der Waals surface area (Å²) in [6.45, 7) is 4.20. The van der Waals surface area contributed by atoms with Crippen molar-refractivity contribution in [3.63, 3.8) is 0 Å². The number of benzene rings is 2. The van der Waals surface area contributed by atoms with Crippen molar-refractivity contribution in [2.45, 2.75) is 38.6 Å². The molecule has 2 aromatic rings.